The lowest BCUT2D eigenvalue weighted by molar-refractivity contribution is 0.590. The van der Waals surface area contributed by atoms with E-state index in [-0.39, 0.29) is 5.41 Å². The Kier molecular flexibility index (Phi) is 4.10. The molecule has 1 aromatic carbocycles. The number of benzene rings is 1. The Bertz CT molecular complexity index is 314. The quantitative estimate of drug-likeness (QED) is 0.801. The monoisotopic (exact) mass is 203 g/mol. The molecule has 0 atom stereocenters. The van der Waals surface area contributed by atoms with Crippen molar-refractivity contribution < 1.29 is 0 Å². The summed E-state index contributed by atoms with van der Waals surface area (Å²) < 4.78 is 0. The van der Waals surface area contributed by atoms with E-state index < -0.39 is 0 Å². The van der Waals surface area contributed by atoms with Gasteiger partial charge in [0.05, 0.1) is 0 Å². The van der Waals surface area contributed by atoms with Gasteiger partial charge in [0.25, 0.3) is 0 Å². The van der Waals surface area contributed by atoms with Crippen LogP contribution in [0, 0.1) is 0 Å². The van der Waals surface area contributed by atoms with Crippen LogP contribution in [-0.4, -0.2) is 6.54 Å². The molecule has 15 heavy (non-hydrogen) atoms. The number of rotatable bonds is 3. The molecule has 0 amide bonds. The third-order valence-corrected chi connectivity index (χ3v) is 2.42. The van der Waals surface area contributed by atoms with Gasteiger partial charge in [0, 0.05) is 0 Å². The molecule has 0 spiro atoms. The molecule has 0 aliphatic carbocycles. The first-order valence-corrected chi connectivity index (χ1v) is 5.51. The molecule has 1 nitrogen and oxygen atoms in total. The van der Waals surface area contributed by atoms with Crippen molar-refractivity contribution in [1.29, 1.82) is 0 Å². The van der Waals surface area contributed by atoms with Crippen molar-refractivity contribution in [2.75, 3.05) is 6.54 Å². The van der Waals surface area contributed by atoms with E-state index in [0.29, 0.717) is 0 Å². The van der Waals surface area contributed by atoms with Crippen LogP contribution in [0.15, 0.2) is 30.3 Å². The predicted molar refractivity (Wildman–Crippen MR) is 67.8 cm³/mol. The fraction of sp³-hybridized carbons (Fsp3) is 0.429. The highest BCUT2D eigenvalue weighted by molar-refractivity contribution is 5.50. The van der Waals surface area contributed by atoms with Crippen LogP contribution in [0.3, 0.4) is 0 Å². The molecule has 0 saturated carbocycles. The zero-order chi connectivity index (χ0) is 11.3. The highest BCUT2D eigenvalue weighted by Crippen LogP contribution is 2.22. The lowest BCUT2D eigenvalue weighted by Crippen LogP contribution is -2.10. The van der Waals surface area contributed by atoms with E-state index >= 15 is 0 Å². The zero-order valence-corrected chi connectivity index (χ0v) is 9.96. The van der Waals surface area contributed by atoms with Gasteiger partial charge in [-0.25, -0.2) is 0 Å². The van der Waals surface area contributed by atoms with Gasteiger partial charge in [-0.1, -0.05) is 57.2 Å². The van der Waals surface area contributed by atoms with E-state index in [9.17, 15) is 0 Å². The summed E-state index contributed by atoms with van der Waals surface area (Å²) in [5, 5.41) is 0. The fourth-order valence-corrected chi connectivity index (χ4v) is 1.41. The minimum absolute atomic E-state index is 0.236. The van der Waals surface area contributed by atoms with Gasteiger partial charge < -0.3 is 5.73 Å². The molecule has 0 fully saturated rings. The molecule has 82 valence electrons. The lowest BCUT2D eigenvalue weighted by atomic mass is 9.87. The Labute approximate surface area is 93.0 Å². The average Bonchev–Trinajstić information content (AvgIpc) is 2.18. The molecule has 0 heterocycles. The van der Waals surface area contributed by atoms with E-state index in [1.807, 2.05) is 0 Å². The van der Waals surface area contributed by atoms with Gasteiger partial charge in [0.15, 0.2) is 0 Å². The van der Waals surface area contributed by atoms with Gasteiger partial charge in [0.2, 0.25) is 0 Å². The molecule has 1 rings (SSSR count). The van der Waals surface area contributed by atoms with Crippen LogP contribution in [0.25, 0.3) is 6.08 Å². The summed E-state index contributed by atoms with van der Waals surface area (Å²) in [5.74, 6) is 0. The molecule has 0 radical (unpaired) electrons. The predicted octanol–water partition coefficient (Wildman–Crippen LogP) is 3.35. The van der Waals surface area contributed by atoms with Crippen LogP contribution in [0.5, 0.6) is 0 Å². The Morgan fingerprint density at radius 2 is 1.73 bits per heavy atom. The maximum Gasteiger partial charge on any atom is -0.00425 e. The van der Waals surface area contributed by atoms with Gasteiger partial charge in [-0.2, -0.15) is 0 Å². The highest BCUT2D eigenvalue weighted by atomic mass is 14.5. The Balaban J connectivity index is 2.73. The Morgan fingerprint density at radius 3 is 2.20 bits per heavy atom. The van der Waals surface area contributed by atoms with Gasteiger partial charge in [-0.15, -0.1) is 0 Å². The number of hydrogen-bond donors (Lipinski definition) is 1. The topological polar surface area (TPSA) is 26.0 Å². The van der Waals surface area contributed by atoms with E-state index in [2.05, 4.69) is 57.2 Å². The van der Waals surface area contributed by atoms with Crippen LogP contribution >= 0.6 is 0 Å². The van der Waals surface area contributed by atoms with Crippen LogP contribution < -0.4 is 5.73 Å². The molecule has 0 bridgehead atoms. The van der Waals surface area contributed by atoms with Crippen molar-refractivity contribution in [2.24, 2.45) is 5.73 Å². The first-order valence-electron chi connectivity index (χ1n) is 5.51. The van der Waals surface area contributed by atoms with Gasteiger partial charge in [0.1, 0.15) is 0 Å². The SMILES string of the molecule is CC(C)(C)c1ccc(/C=C/CCN)cc1. The van der Waals surface area contributed by atoms with E-state index in [0.717, 1.165) is 13.0 Å². The molecule has 0 aliphatic rings. The molecule has 1 aromatic rings. The third kappa shape index (κ3) is 3.88. The largest absolute Gasteiger partial charge is 0.330 e. The van der Waals surface area contributed by atoms with Crippen LogP contribution in [0.4, 0.5) is 0 Å². The highest BCUT2D eigenvalue weighted by Gasteiger charge is 2.12. The minimum Gasteiger partial charge on any atom is -0.330 e. The second kappa shape index (κ2) is 5.13. The lowest BCUT2D eigenvalue weighted by Gasteiger charge is -2.18. The maximum atomic E-state index is 5.42. The number of nitrogens with two attached hydrogens (primary N) is 1. The Morgan fingerprint density at radius 1 is 1.13 bits per heavy atom. The number of hydrogen-bond acceptors (Lipinski definition) is 1. The minimum atomic E-state index is 0.236. The van der Waals surface area contributed by atoms with Crippen molar-refractivity contribution in [3.63, 3.8) is 0 Å². The van der Waals surface area contributed by atoms with Crippen molar-refractivity contribution >= 4 is 6.08 Å². The molecular formula is C14H21N. The summed E-state index contributed by atoms with van der Waals surface area (Å²) in [4.78, 5) is 0. The van der Waals surface area contributed by atoms with E-state index in [4.69, 9.17) is 5.73 Å². The third-order valence-electron chi connectivity index (χ3n) is 2.42. The molecule has 2 N–H and O–H groups in total. The van der Waals surface area contributed by atoms with Crippen LogP contribution in [-0.2, 0) is 5.41 Å². The molecule has 0 aromatic heterocycles. The smallest absolute Gasteiger partial charge is 0.00425 e. The standard InChI is InChI=1S/C14H21N/c1-14(2,3)13-9-7-12(8-10-13)6-4-5-11-15/h4,6-10H,5,11,15H2,1-3H3/b6-4+. The summed E-state index contributed by atoms with van der Waals surface area (Å²) in [5.41, 5.74) is 8.28. The van der Waals surface area contributed by atoms with Crippen LogP contribution in [0.2, 0.25) is 0 Å². The van der Waals surface area contributed by atoms with Crippen molar-refractivity contribution in [3.05, 3.63) is 41.5 Å². The average molecular weight is 203 g/mol. The van der Waals surface area contributed by atoms with Crippen molar-refractivity contribution in [1.82, 2.24) is 0 Å². The normalized spacial score (nSPS) is 12.3. The van der Waals surface area contributed by atoms with Crippen molar-refractivity contribution in [3.8, 4) is 0 Å². The van der Waals surface area contributed by atoms with Gasteiger partial charge in [-0.05, 0) is 29.5 Å². The first-order chi connectivity index (χ1) is 7.04. The second-order valence-electron chi connectivity index (χ2n) is 4.85. The van der Waals surface area contributed by atoms with Gasteiger partial charge >= 0.3 is 0 Å². The molecule has 1 heteroatoms. The van der Waals surface area contributed by atoms with E-state index in [1.54, 1.807) is 0 Å². The molecule has 0 saturated heterocycles. The van der Waals surface area contributed by atoms with Gasteiger partial charge in [-0.3, -0.25) is 0 Å². The fourth-order valence-electron chi connectivity index (χ4n) is 1.41. The summed E-state index contributed by atoms with van der Waals surface area (Å²) in [6.45, 7) is 7.40. The summed E-state index contributed by atoms with van der Waals surface area (Å²) in [6.07, 6.45) is 5.19. The molecule has 0 unspecified atom stereocenters. The first kappa shape index (κ1) is 12.0. The molecular weight excluding hydrogens is 182 g/mol. The maximum absolute atomic E-state index is 5.42. The van der Waals surface area contributed by atoms with Crippen molar-refractivity contribution in [2.45, 2.75) is 32.6 Å². The Hall–Kier alpha value is -1.08. The van der Waals surface area contributed by atoms with Crippen LogP contribution in [0.1, 0.15) is 38.3 Å². The zero-order valence-electron chi connectivity index (χ0n) is 9.96. The van der Waals surface area contributed by atoms with E-state index in [1.165, 1.54) is 11.1 Å². The summed E-state index contributed by atoms with van der Waals surface area (Å²) in [7, 11) is 0. The summed E-state index contributed by atoms with van der Waals surface area (Å²) >= 11 is 0. The summed E-state index contributed by atoms with van der Waals surface area (Å²) in [6, 6.07) is 8.71. The molecule has 0 aliphatic heterocycles. The second-order valence-corrected chi connectivity index (χ2v) is 4.85.